The zero-order valence-corrected chi connectivity index (χ0v) is 45.4. The van der Waals surface area contributed by atoms with Gasteiger partial charge in [0.25, 0.3) is 11.1 Å². The molecule has 0 aliphatic carbocycles. The van der Waals surface area contributed by atoms with Crippen LogP contribution in [0.1, 0.15) is 65.0 Å². The van der Waals surface area contributed by atoms with E-state index >= 15 is 0 Å². The molecule has 18 nitrogen and oxygen atoms in total. The Morgan fingerprint density at radius 1 is 0.452 bits per heavy atom. The molecule has 8 heterocycles. The summed E-state index contributed by atoms with van der Waals surface area (Å²) in [5, 5.41) is 10.1. The van der Waals surface area contributed by atoms with Crippen molar-refractivity contribution in [2.24, 2.45) is 0 Å². The fourth-order valence-electron chi connectivity index (χ4n) is 9.89. The average molecular weight is 1140 g/mol. The van der Waals surface area contributed by atoms with Crippen LogP contribution in [0.5, 0.6) is 11.5 Å². The lowest BCUT2D eigenvalue weighted by Crippen LogP contribution is -2.24. The molecular weight excluding hydrogens is 1090 g/mol. The number of fused-ring (bicyclic) bond motifs is 4. The zero-order chi connectivity index (χ0) is 59.4. The molecule has 4 aromatic carbocycles. The summed E-state index contributed by atoms with van der Waals surface area (Å²) in [4.78, 5) is 53.5. The third-order valence-corrected chi connectivity index (χ3v) is 13.6. The summed E-state index contributed by atoms with van der Waals surface area (Å²) in [5.41, 5.74) is 13.6. The highest BCUT2D eigenvalue weighted by Crippen LogP contribution is 2.39. The van der Waals surface area contributed by atoms with Crippen LogP contribution in [-0.4, -0.2) is 70.5 Å². The first kappa shape index (κ1) is 55.4. The maximum absolute atomic E-state index is 15.0. The smallest absolute Gasteiger partial charge is 0.266 e. The highest BCUT2D eigenvalue weighted by molar-refractivity contribution is 5.99. The first-order chi connectivity index (χ1) is 40.3. The molecule has 12 rings (SSSR count). The molecule has 424 valence electrons. The van der Waals surface area contributed by atoms with Crippen LogP contribution in [0.2, 0.25) is 0 Å². The second-order valence-electron chi connectivity index (χ2n) is 20.0. The van der Waals surface area contributed by atoms with Gasteiger partial charge in [-0.1, -0.05) is 24.3 Å². The van der Waals surface area contributed by atoms with E-state index in [0.29, 0.717) is 21.9 Å². The number of anilines is 2. The van der Waals surface area contributed by atoms with E-state index in [9.17, 15) is 35.9 Å². The number of hydrogen-bond acceptors (Lipinski definition) is 14. The number of rotatable bonds is 12. The first-order valence-electron chi connectivity index (χ1n) is 26.1. The zero-order valence-electron chi connectivity index (χ0n) is 45.4. The molecule has 4 N–H and O–H groups in total. The molecule has 0 saturated heterocycles. The number of nitrogens with two attached hydrogens (primary N) is 2. The maximum Gasteiger partial charge on any atom is 0.266 e. The van der Waals surface area contributed by atoms with E-state index in [1.165, 1.54) is 119 Å². The number of pyridine rings is 2. The number of nitrogen functional groups attached to an aromatic ring is 2. The number of nitrogens with zero attached hydrogens (tertiary/aromatic N) is 12. The van der Waals surface area contributed by atoms with Crippen LogP contribution in [0.4, 0.5) is 38.0 Å². The summed E-state index contributed by atoms with van der Waals surface area (Å²) in [6.07, 6.45) is 4.82. The van der Waals surface area contributed by atoms with Gasteiger partial charge in [-0.25, -0.2) is 65.6 Å². The minimum absolute atomic E-state index is 0.0542. The summed E-state index contributed by atoms with van der Waals surface area (Å²) < 4.78 is 105. The predicted molar refractivity (Wildman–Crippen MR) is 303 cm³/mol. The monoisotopic (exact) mass is 1140 g/mol. The molecule has 0 radical (unpaired) electrons. The summed E-state index contributed by atoms with van der Waals surface area (Å²) in [5.74, 6) is -3.39. The molecule has 8 aromatic heterocycles. The number of halogens is 6. The van der Waals surface area contributed by atoms with E-state index in [1.807, 2.05) is 0 Å². The van der Waals surface area contributed by atoms with Gasteiger partial charge >= 0.3 is 0 Å². The second kappa shape index (κ2) is 22.1. The maximum atomic E-state index is 15.0. The van der Waals surface area contributed by atoms with Crippen molar-refractivity contribution in [2.75, 3.05) is 11.5 Å². The van der Waals surface area contributed by atoms with Crippen molar-refractivity contribution >= 4 is 45.0 Å². The average Bonchev–Trinajstić information content (AvgIpc) is 1.72. The van der Waals surface area contributed by atoms with E-state index < -0.39 is 58.1 Å². The molecule has 0 spiro atoms. The van der Waals surface area contributed by atoms with Gasteiger partial charge in [0.15, 0.2) is 57.4 Å². The number of ether oxygens (including phenoxy) is 2. The normalized spacial score (nSPS) is 12.4. The predicted octanol–water partition coefficient (Wildman–Crippen LogP) is 11.1. The van der Waals surface area contributed by atoms with Gasteiger partial charge < -0.3 is 20.9 Å². The molecule has 0 unspecified atom stereocenters. The summed E-state index contributed by atoms with van der Waals surface area (Å²) in [6, 6.07) is 23.2. The van der Waals surface area contributed by atoms with Crippen molar-refractivity contribution in [1.82, 2.24) is 58.3 Å². The number of hydrogen-bond donors (Lipinski definition) is 2. The molecule has 0 saturated carbocycles. The highest BCUT2D eigenvalue weighted by atomic mass is 19.1. The van der Waals surface area contributed by atoms with Crippen molar-refractivity contribution in [1.29, 1.82) is 0 Å². The van der Waals surface area contributed by atoms with Gasteiger partial charge in [-0.2, -0.15) is 10.2 Å². The van der Waals surface area contributed by atoms with Crippen LogP contribution >= 0.6 is 0 Å². The lowest BCUT2D eigenvalue weighted by atomic mass is 10.0. The van der Waals surface area contributed by atoms with Gasteiger partial charge in [0, 0.05) is 23.5 Å². The van der Waals surface area contributed by atoms with Crippen LogP contribution in [0.25, 0.3) is 78.1 Å². The molecule has 0 amide bonds. The lowest BCUT2D eigenvalue weighted by Gasteiger charge is -2.18. The summed E-state index contributed by atoms with van der Waals surface area (Å²) >= 11 is 0. The third-order valence-electron chi connectivity index (χ3n) is 13.6. The van der Waals surface area contributed by atoms with Crippen molar-refractivity contribution in [3.8, 4) is 56.3 Å². The van der Waals surface area contributed by atoms with Crippen LogP contribution < -0.4 is 32.1 Å². The second-order valence-corrected chi connectivity index (χ2v) is 20.0. The molecule has 12 aromatic rings. The molecule has 0 fully saturated rings. The summed E-state index contributed by atoms with van der Waals surface area (Å²) in [7, 11) is 0. The number of benzene rings is 4. The van der Waals surface area contributed by atoms with Crippen molar-refractivity contribution in [2.45, 2.75) is 65.8 Å². The van der Waals surface area contributed by atoms with Crippen molar-refractivity contribution in [3.63, 3.8) is 0 Å². The third kappa shape index (κ3) is 10.1. The minimum Gasteiger partial charge on any atom is -0.488 e. The van der Waals surface area contributed by atoms with Crippen LogP contribution in [0.15, 0.2) is 144 Å². The van der Waals surface area contributed by atoms with Crippen molar-refractivity contribution in [3.05, 3.63) is 201 Å². The minimum atomic E-state index is -0.848. The molecule has 2 atom stereocenters. The molecular formula is C60H48F6N14O4. The Morgan fingerprint density at radius 2 is 0.857 bits per heavy atom. The Balaban J connectivity index is 0.000000175. The Morgan fingerprint density at radius 3 is 1.23 bits per heavy atom. The number of aromatic nitrogens is 12. The quantitative estimate of drug-likeness (QED) is 0.109. The Kier molecular flexibility index (Phi) is 14.6. The van der Waals surface area contributed by atoms with Gasteiger partial charge in [-0.05, 0) is 138 Å². The van der Waals surface area contributed by atoms with E-state index in [2.05, 4.69) is 29.9 Å². The fraction of sp³-hybridized carbons (Fsp3) is 0.167. The van der Waals surface area contributed by atoms with E-state index in [4.69, 9.17) is 31.1 Å². The van der Waals surface area contributed by atoms with Gasteiger partial charge in [0.2, 0.25) is 0 Å². The van der Waals surface area contributed by atoms with Gasteiger partial charge in [-0.15, -0.1) is 0 Å². The SMILES string of the molecule is CC(C)Oc1ccc(-c2nn([C@@H](C)c3nc4c(F)cccn4c(=O)c3-c3cccc(F)c3)c3ncnc(N)c23)cc1F.CC(C)Oc1ccc(-c2nn([C@H](C)c3nc4c(F)cccn4c(=O)c3-c3cccc(F)c3)c3ncnc(N)c23)cc1F. The van der Waals surface area contributed by atoms with Crippen molar-refractivity contribution < 1.29 is 35.8 Å². The fourth-order valence-corrected chi connectivity index (χ4v) is 9.89. The summed E-state index contributed by atoms with van der Waals surface area (Å²) in [6.45, 7) is 10.5. The lowest BCUT2D eigenvalue weighted by molar-refractivity contribution is 0.231. The molecule has 0 aliphatic rings. The molecule has 0 aliphatic heterocycles. The largest absolute Gasteiger partial charge is 0.488 e. The van der Waals surface area contributed by atoms with Gasteiger partial charge in [0.05, 0.1) is 57.6 Å². The standard InChI is InChI=1S/2C30H24F3N7O2/c2*1-15(2)42-22-10-9-18(13-21(22)33)26-24-27(34)35-14-36-29(24)40(38-26)16(3)25-23(17-6-4-7-19(31)12-17)30(41)39-11-5-8-20(32)28(39)37-25/h2*4-16H,1-3H3,(H2,34,35,36)/t2*16-/m10/s1. The molecule has 84 heavy (non-hydrogen) atoms. The van der Waals surface area contributed by atoms with Gasteiger partial charge in [-0.3, -0.25) is 18.4 Å². The van der Waals surface area contributed by atoms with E-state index in [-0.39, 0.29) is 103 Å². The molecule has 24 heteroatoms. The topological polar surface area (TPSA) is 226 Å². The highest BCUT2D eigenvalue weighted by Gasteiger charge is 2.30. The van der Waals surface area contributed by atoms with Gasteiger partial charge in [0.1, 0.15) is 47.3 Å². The first-order valence-corrected chi connectivity index (χ1v) is 26.1. The van der Waals surface area contributed by atoms with E-state index in [0.717, 1.165) is 8.80 Å². The molecule has 0 bridgehead atoms. The van der Waals surface area contributed by atoms with Crippen LogP contribution in [-0.2, 0) is 0 Å². The van der Waals surface area contributed by atoms with Crippen LogP contribution in [0.3, 0.4) is 0 Å². The Labute approximate surface area is 472 Å². The van der Waals surface area contributed by atoms with Crippen LogP contribution in [0, 0.1) is 34.9 Å². The Bertz CT molecular complexity index is 4410. The van der Waals surface area contributed by atoms with E-state index in [1.54, 1.807) is 65.8 Å². The Hall–Kier alpha value is -10.5.